The lowest BCUT2D eigenvalue weighted by Gasteiger charge is -2.14. The summed E-state index contributed by atoms with van der Waals surface area (Å²) >= 11 is 11.9. The first-order chi connectivity index (χ1) is 11.0. The summed E-state index contributed by atoms with van der Waals surface area (Å²) in [6, 6.07) is 4.02. The van der Waals surface area contributed by atoms with Gasteiger partial charge < -0.3 is 15.1 Å². The maximum atomic E-state index is 12.1. The second-order valence-electron chi connectivity index (χ2n) is 4.81. The number of aromatic nitrogens is 1. The van der Waals surface area contributed by atoms with Crippen molar-refractivity contribution in [3.8, 4) is 0 Å². The molecule has 6 nitrogen and oxygen atoms in total. The molecule has 1 unspecified atom stereocenters. The Morgan fingerprint density at radius 3 is 2.83 bits per heavy atom. The van der Waals surface area contributed by atoms with E-state index in [0.717, 1.165) is 0 Å². The van der Waals surface area contributed by atoms with Gasteiger partial charge in [0.2, 0.25) is 5.91 Å². The van der Waals surface area contributed by atoms with Crippen LogP contribution in [0.2, 0.25) is 10.0 Å². The molecule has 0 spiro atoms. The summed E-state index contributed by atoms with van der Waals surface area (Å²) < 4.78 is 5.06. The molecule has 2 aromatic rings. The molecule has 1 atom stereocenters. The maximum Gasteiger partial charge on any atom is 0.253 e. The van der Waals surface area contributed by atoms with E-state index in [0.29, 0.717) is 18.7 Å². The van der Waals surface area contributed by atoms with Crippen molar-refractivity contribution in [2.24, 2.45) is 0 Å². The standard InChI is InChI=1S/C15H15Cl2N3O3/c1-9(14(21)19-6-5-10-7-18-8-23-10)20-15(22)11-3-2-4-12(16)13(11)17/h2-4,7-9H,5-6H2,1H3,(H,19,21)(H,20,22). The van der Waals surface area contributed by atoms with Gasteiger partial charge in [-0.3, -0.25) is 9.59 Å². The molecule has 2 N–H and O–H groups in total. The predicted molar refractivity (Wildman–Crippen MR) is 86.6 cm³/mol. The Morgan fingerprint density at radius 2 is 2.13 bits per heavy atom. The van der Waals surface area contributed by atoms with Crippen molar-refractivity contribution in [1.29, 1.82) is 0 Å². The molecule has 8 heteroatoms. The van der Waals surface area contributed by atoms with Gasteiger partial charge in [-0.15, -0.1) is 0 Å². The minimum atomic E-state index is -0.715. The highest BCUT2D eigenvalue weighted by atomic mass is 35.5. The maximum absolute atomic E-state index is 12.1. The van der Waals surface area contributed by atoms with Crippen LogP contribution in [-0.4, -0.2) is 29.4 Å². The first-order valence-corrected chi connectivity index (χ1v) is 7.64. The van der Waals surface area contributed by atoms with E-state index in [-0.39, 0.29) is 21.5 Å². The van der Waals surface area contributed by atoms with E-state index < -0.39 is 11.9 Å². The van der Waals surface area contributed by atoms with E-state index in [9.17, 15) is 9.59 Å². The van der Waals surface area contributed by atoms with Gasteiger partial charge in [0.15, 0.2) is 6.39 Å². The zero-order valence-corrected chi connectivity index (χ0v) is 13.8. The number of carbonyl (C=O) groups is 2. The van der Waals surface area contributed by atoms with Crippen molar-refractivity contribution < 1.29 is 14.0 Å². The molecule has 0 aliphatic rings. The lowest BCUT2D eigenvalue weighted by molar-refractivity contribution is -0.122. The predicted octanol–water partition coefficient (Wildman–Crippen LogP) is 2.46. The Balaban J connectivity index is 1.85. The average molecular weight is 356 g/mol. The van der Waals surface area contributed by atoms with Crippen molar-refractivity contribution in [3.63, 3.8) is 0 Å². The molecule has 0 bridgehead atoms. The highest BCUT2D eigenvalue weighted by Gasteiger charge is 2.18. The summed E-state index contributed by atoms with van der Waals surface area (Å²) in [4.78, 5) is 27.9. The second-order valence-corrected chi connectivity index (χ2v) is 5.59. The topological polar surface area (TPSA) is 84.2 Å². The van der Waals surface area contributed by atoms with Crippen LogP contribution in [0.3, 0.4) is 0 Å². The Kier molecular flexibility index (Phi) is 6.01. The summed E-state index contributed by atoms with van der Waals surface area (Å²) in [5.41, 5.74) is 0.223. The molecule has 23 heavy (non-hydrogen) atoms. The van der Waals surface area contributed by atoms with Crippen LogP contribution in [0.5, 0.6) is 0 Å². The quantitative estimate of drug-likeness (QED) is 0.833. The fourth-order valence-electron chi connectivity index (χ4n) is 1.85. The molecule has 0 saturated heterocycles. The molecule has 122 valence electrons. The molecule has 0 aliphatic carbocycles. The van der Waals surface area contributed by atoms with E-state index in [1.54, 1.807) is 25.3 Å². The van der Waals surface area contributed by atoms with Crippen LogP contribution >= 0.6 is 23.2 Å². The Hall–Kier alpha value is -2.05. The fourth-order valence-corrected chi connectivity index (χ4v) is 2.23. The smallest absolute Gasteiger partial charge is 0.253 e. The Morgan fingerprint density at radius 1 is 1.35 bits per heavy atom. The van der Waals surface area contributed by atoms with Gasteiger partial charge in [0.05, 0.1) is 21.8 Å². The largest absolute Gasteiger partial charge is 0.448 e. The number of nitrogens with one attached hydrogen (secondary N) is 2. The van der Waals surface area contributed by atoms with Gasteiger partial charge in [0.25, 0.3) is 5.91 Å². The first kappa shape index (κ1) is 17.3. The van der Waals surface area contributed by atoms with Crippen LogP contribution in [0.15, 0.2) is 35.2 Å². The van der Waals surface area contributed by atoms with Crippen LogP contribution < -0.4 is 10.6 Å². The van der Waals surface area contributed by atoms with Crippen molar-refractivity contribution >= 4 is 35.0 Å². The summed E-state index contributed by atoms with van der Waals surface area (Å²) in [5, 5.41) is 5.72. The summed E-state index contributed by atoms with van der Waals surface area (Å²) in [5.74, 6) is -0.0981. The van der Waals surface area contributed by atoms with E-state index in [2.05, 4.69) is 15.6 Å². The van der Waals surface area contributed by atoms with Crippen LogP contribution in [0.4, 0.5) is 0 Å². The third kappa shape index (κ3) is 4.71. The molecule has 1 aromatic heterocycles. The third-order valence-corrected chi connectivity index (χ3v) is 3.91. The molecular weight excluding hydrogens is 341 g/mol. The summed E-state index contributed by atoms with van der Waals surface area (Å²) in [6.07, 6.45) is 3.43. The number of carbonyl (C=O) groups excluding carboxylic acids is 2. The molecule has 2 rings (SSSR count). The molecule has 0 aliphatic heterocycles. The Bertz CT molecular complexity index is 689. The third-order valence-electron chi connectivity index (χ3n) is 3.09. The van der Waals surface area contributed by atoms with Crippen molar-refractivity contribution in [3.05, 3.63) is 52.2 Å². The first-order valence-electron chi connectivity index (χ1n) is 6.89. The van der Waals surface area contributed by atoms with E-state index >= 15 is 0 Å². The molecule has 1 heterocycles. The van der Waals surface area contributed by atoms with Gasteiger partial charge in [-0.05, 0) is 19.1 Å². The molecule has 1 aromatic carbocycles. The van der Waals surface area contributed by atoms with E-state index in [1.807, 2.05) is 0 Å². The van der Waals surface area contributed by atoms with E-state index in [1.165, 1.54) is 12.5 Å². The number of benzene rings is 1. The van der Waals surface area contributed by atoms with Crippen molar-refractivity contribution in [1.82, 2.24) is 15.6 Å². The van der Waals surface area contributed by atoms with Gasteiger partial charge in [0, 0.05) is 13.0 Å². The molecular formula is C15H15Cl2N3O3. The molecule has 0 fully saturated rings. The molecule has 0 radical (unpaired) electrons. The van der Waals surface area contributed by atoms with Crippen molar-refractivity contribution in [2.45, 2.75) is 19.4 Å². The van der Waals surface area contributed by atoms with Gasteiger partial charge in [-0.2, -0.15) is 0 Å². The van der Waals surface area contributed by atoms with Gasteiger partial charge in [-0.1, -0.05) is 29.3 Å². The lowest BCUT2D eigenvalue weighted by Crippen LogP contribution is -2.45. The monoisotopic (exact) mass is 355 g/mol. The highest BCUT2D eigenvalue weighted by Crippen LogP contribution is 2.25. The number of hydrogen-bond donors (Lipinski definition) is 2. The lowest BCUT2D eigenvalue weighted by atomic mass is 10.2. The SMILES string of the molecule is CC(NC(=O)c1cccc(Cl)c1Cl)C(=O)NCCc1cnco1. The average Bonchev–Trinajstić information content (AvgIpc) is 3.03. The number of rotatable bonds is 6. The normalized spacial score (nSPS) is 11.8. The Labute approximate surface area is 143 Å². The summed E-state index contributed by atoms with van der Waals surface area (Å²) in [7, 11) is 0. The minimum absolute atomic E-state index is 0.157. The zero-order valence-electron chi connectivity index (χ0n) is 12.3. The number of halogens is 2. The van der Waals surface area contributed by atoms with Crippen LogP contribution in [-0.2, 0) is 11.2 Å². The molecule has 0 saturated carbocycles. The number of amides is 2. The second kappa shape index (κ2) is 7.99. The number of oxazole rings is 1. The van der Waals surface area contributed by atoms with Gasteiger partial charge in [-0.25, -0.2) is 4.98 Å². The fraction of sp³-hybridized carbons (Fsp3) is 0.267. The van der Waals surface area contributed by atoms with Crippen LogP contribution in [0.25, 0.3) is 0 Å². The zero-order chi connectivity index (χ0) is 16.8. The number of hydrogen-bond acceptors (Lipinski definition) is 4. The summed E-state index contributed by atoms with van der Waals surface area (Å²) in [6.45, 7) is 1.96. The van der Waals surface area contributed by atoms with Crippen LogP contribution in [0, 0.1) is 0 Å². The van der Waals surface area contributed by atoms with Gasteiger partial charge in [0.1, 0.15) is 11.8 Å². The number of nitrogens with zero attached hydrogens (tertiary/aromatic N) is 1. The highest BCUT2D eigenvalue weighted by molar-refractivity contribution is 6.43. The molecule has 2 amide bonds. The van der Waals surface area contributed by atoms with E-state index in [4.69, 9.17) is 27.6 Å². The van der Waals surface area contributed by atoms with Gasteiger partial charge >= 0.3 is 0 Å². The van der Waals surface area contributed by atoms with Crippen molar-refractivity contribution in [2.75, 3.05) is 6.54 Å². The van der Waals surface area contributed by atoms with Crippen LogP contribution in [0.1, 0.15) is 23.0 Å². The minimum Gasteiger partial charge on any atom is -0.448 e.